The summed E-state index contributed by atoms with van der Waals surface area (Å²) in [4.78, 5) is 15.3. The second-order valence-corrected chi connectivity index (χ2v) is 11.6. The molecule has 3 heterocycles. The first-order valence-electron chi connectivity index (χ1n) is 15.7. The van der Waals surface area contributed by atoms with Gasteiger partial charge in [0.05, 0.1) is 22.3 Å². The smallest absolute Gasteiger partial charge is 0.228 e. The molecule has 0 atom stereocenters. The molecule has 6 aromatic carbocycles. The summed E-state index contributed by atoms with van der Waals surface area (Å²) in [5.41, 5.74) is 11.5. The Morgan fingerprint density at radius 2 is 1.02 bits per heavy atom. The Morgan fingerprint density at radius 3 is 1.85 bits per heavy atom. The van der Waals surface area contributed by atoms with Crippen LogP contribution in [0.1, 0.15) is 0 Å². The molecule has 0 spiro atoms. The van der Waals surface area contributed by atoms with E-state index in [1.165, 1.54) is 0 Å². The molecular formula is C43H27N3O. The molecule has 0 saturated carbocycles. The van der Waals surface area contributed by atoms with Gasteiger partial charge >= 0.3 is 0 Å². The lowest BCUT2D eigenvalue weighted by Crippen LogP contribution is -1.97. The second-order valence-electron chi connectivity index (χ2n) is 11.6. The van der Waals surface area contributed by atoms with Crippen molar-refractivity contribution in [1.29, 1.82) is 0 Å². The highest BCUT2D eigenvalue weighted by atomic mass is 16.3. The predicted octanol–water partition coefficient (Wildman–Crippen LogP) is 11.3. The van der Waals surface area contributed by atoms with Crippen LogP contribution in [-0.4, -0.2) is 15.0 Å². The number of aromatic nitrogens is 3. The van der Waals surface area contributed by atoms with Crippen LogP contribution in [0.2, 0.25) is 0 Å². The first-order valence-corrected chi connectivity index (χ1v) is 15.7. The van der Waals surface area contributed by atoms with Crippen molar-refractivity contribution in [1.82, 2.24) is 15.0 Å². The van der Waals surface area contributed by atoms with E-state index in [1.54, 1.807) is 0 Å². The van der Waals surface area contributed by atoms with Gasteiger partial charge in [0.1, 0.15) is 5.58 Å². The van der Waals surface area contributed by atoms with E-state index in [0.29, 0.717) is 11.5 Å². The minimum absolute atomic E-state index is 0.626. The third-order valence-electron chi connectivity index (χ3n) is 8.72. The lowest BCUT2D eigenvalue weighted by molar-refractivity contribution is 0.656. The third kappa shape index (κ3) is 4.75. The molecule has 47 heavy (non-hydrogen) atoms. The summed E-state index contributed by atoms with van der Waals surface area (Å²) in [6.07, 6.45) is 0. The van der Waals surface area contributed by atoms with Crippen LogP contribution in [0.5, 0.6) is 0 Å². The van der Waals surface area contributed by atoms with Gasteiger partial charge in [0, 0.05) is 33.0 Å². The molecule has 220 valence electrons. The van der Waals surface area contributed by atoms with E-state index in [9.17, 15) is 0 Å². The summed E-state index contributed by atoms with van der Waals surface area (Å²) < 4.78 is 6.33. The van der Waals surface area contributed by atoms with Crippen molar-refractivity contribution < 1.29 is 4.42 Å². The fraction of sp³-hybridized carbons (Fsp3) is 0. The number of fused-ring (bicyclic) bond motifs is 4. The van der Waals surface area contributed by atoms with Crippen LogP contribution in [0.4, 0.5) is 0 Å². The third-order valence-corrected chi connectivity index (χ3v) is 8.72. The van der Waals surface area contributed by atoms with E-state index < -0.39 is 0 Å². The molecule has 0 aliphatic rings. The van der Waals surface area contributed by atoms with E-state index in [2.05, 4.69) is 115 Å². The van der Waals surface area contributed by atoms with Crippen molar-refractivity contribution in [3.63, 3.8) is 0 Å². The van der Waals surface area contributed by atoms with Crippen LogP contribution >= 0.6 is 0 Å². The van der Waals surface area contributed by atoms with Gasteiger partial charge in [-0.3, -0.25) is 0 Å². The first-order chi connectivity index (χ1) is 23.3. The van der Waals surface area contributed by atoms with Crippen LogP contribution < -0.4 is 0 Å². The monoisotopic (exact) mass is 601 g/mol. The van der Waals surface area contributed by atoms with Gasteiger partial charge in [-0.25, -0.2) is 15.0 Å². The summed E-state index contributed by atoms with van der Waals surface area (Å²) in [5.74, 6) is 0.677. The zero-order valence-electron chi connectivity index (χ0n) is 25.3. The van der Waals surface area contributed by atoms with E-state index in [0.717, 1.165) is 77.6 Å². The van der Waals surface area contributed by atoms with Crippen LogP contribution in [0.25, 0.3) is 89.1 Å². The topological polar surface area (TPSA) is 51.8 Å². The van der Waals surface area contributed by atoms with E-state index in [1.807, 2.05) is 48.5 Å². The minimum atomic E-state index is 0.626. The number of nitrogens with zero attached hydrogens (tertiary/aromatic N) is 3. The number of para-hydroxylation sites is 2. The van der Waals surface area contributed by atoms with E-state index >= 15 is 0 Å². The number of hydrogen-bond acceptors (Lipinski definition) is 4. The zero-order valence-corrected chi connectivity index (χ0v) is 25.3. The molecule has 0 unspecified atom stereocenters. The molecule has 0 bridgehead atoms. The van der Waals surface area contributed by atoms with Gasteiger partial charge in [-0.2, -0.15) is 0 Å². The van der Waals surface area contributed by atoms with Crippen molar-refractivity contribution in [2.75, 3.05) is 0 Å². The summed E-state index contributed by atoms with van der Waals surface area (Å²) in [5, 5.41) is 3.10. The van der Waals surface area contributed by atoms with Crippen molar-refractivity contribution in [2.45, 2.75) is 0 Å². The number of rotatable bonds is 5. The lowest BCUT2D eigenvalue weighted by Gasteiger charge is -2.15. The standard InChI is InChI=1S/C43H27N3O/c1-3-14-28(15-4-1)30-18-13-19-31(26-30)37-27-38(45-42(44-37)29-16-5-2-6-17-29)32-20-7-8-21-33(32)40-34-22-9-11-24-36(34)46-43-41(40)35-23-10-12-25-39(35)47-43/h1-27H. The number of hydrogen-bond donors (Lipinski definition) is 0. The van der Waals surface area contributed by atoms with E-state index in [-0.39, 0.29) is 0 Å². The molecule has 0 N–H and O–H groups in total. The molecule has 0 amide bonds. The van der Waals surface area contributed by atoms with Gasteiger partial charge in [-0.05, 0) is 41.0 Å². The van der Waals surface area contributed by atoms with Gasteiger partial charge < -0.3 is 4.42 Å². The Balaban J connectivity index is 1.32. The average Bonchev–Trinajstić information content (AvgIpc) is 3.52. The molecule has 0 aliphatic heterocycles. The molecule has 4 heteroatoms. The summed E-state index contributed by atoms with van der Waals surface area (Å²) >= 11 is 0. The summed E-state index contributed by atoms with van der Waals surface area (Å²) in [6, 6.07) is 56.3. The van der Waals surface area contributed by atoms with Crippen molar-refractivity contribution >= 4 is 33.0 Å². The maximum absolute atomic E-state index is 6.33. The quantitative estimate of drug-likeness (QED) is 0.197. The maximum Gasteiger partial charge on any atom is 0.228 e. The van der Waals surface area contributed by atoms with Crippen LogP contribution in [0.3, 0.4) is 0 Å². The maximum atomic E-state index is 6.33. The van der Waals surface area contributed by atoms with Crippen LogP contribution in [-0.2, 0) is 0 Å². The Kier molecular flexibility index (Phi) is 6.43. The van der Waals surface area contributed by atoms with Crippen molar-refractivity contribution in [3.05, 3.63) is 164 Å². The summed E-state index contributed by atoms with van der Waals surface area (Å²) in [6.45, 7) is 0. The lowest BCUT2D eigenvalue weighted by atomic mass is 9.91. The zero-order chi connectivity index (χ0) is 31.2. The number of benzene rings is 6. The molecule has 0 fully saturated rings. The van der Waals surface area contributed by atoms with E-state index in [4.69, 9.17) is 19.4 Å². The number of pyridine rings is 1. The van der Waals surface area contributed by atoms with Crippen molar-refractivity contribution in [3.8, 4) is 56.2 Å². The van der Waals surface area contributed by atoms with Crippen LogP contribution in [0, 0.1) is 0 Å². The molecule has 3 aromatic heterocycles. The first kappa shape index (κ1) is 27.0. The predicted molar refractivity (Wildman–Crippen MR) is 192 cm³/mol. The van der Waals surface area contributed by atoms with Crippen LogP contribution in [0.15, 0.2) is 168 Å². The Hall–Kier alpha value is -6.39. The Labute approximate surface area is 271 Å². The van der Waals surface area contributed by atoms with Crippen molar-refractivity contribution in [2.24, 2.45) is 0 Å². The Morgan fingerprint density at radius 1 is 0.404 bits per heavy atom. The molecule has 4 nitrogen and oxygen atoms in total. The second kappa shape index (κ2) is 11.2. The van der Waals surface area contributed by atoms with Gasteiger partial charge in [0.2, 0.25) is 5.71 Å². The molecule has 0 saturated heterocycles. The summed E-state index contributed by atoms with van der Waals surface area (Å²) in [7, 11) is 0. The van der Waals surface area contributed by atoms with Gasteiger partial charge in [-0.1, -0.05) is 140 Å². The average molecular weight is 602 g/mol. The molecule has 9 aromatic rings. The fourth-order valence-electron chi connectivity index (χ4n) is 6.52. The van der Waals surface area contributed by atoms with Gasteiger partial charge in [0.15, 0.2) is 5.82 Å². The highest BCUT2D eigenvalue weighted by Gasteiger charge is 2.21. The highest BCUT2D eigenvalue weighted by molar-refractivity contribution is 6.19. The Bertz CT molecular complexity index is 2570. The highest BCUT2D eigenvalue weighted by Crippen LogP contribution is 2.44. The molecular weight excluding hydrogens is 574 g/mol. The minimum Gasteiger partial charge on any atom is -0.438 e. The fourth-order valence-corrected chi connectivity index (χ4v) is 6.52. The van der Waals surface area contributed by atoms with Gasteiger partial charge in [-0.15, -0.1) is 0 Å². The molecule has 0 aliphatic carbocycles. The molecule has 0 radical (unpaired) electrons. The molecule has 9 rings (SSSR count). The largest absolute Gasteiger partial charge is 0.438 e. The number of furan rings is 1. The van der Waals surface area contributed by atoms with Gasteiger partial charge in [0.25, 0.3) is 0 Å². The normalized spacial score (nSPS) is 11.4. The SMILES string of the molecule is c1ccc(-c2cccc(-c3cc(-c4ccccc4-c4c5ccccc5nc5oc6ccccc6c45)nc(-c4ccccc4)n3)c2)cc1.